The molecule has 3 N–H and O–H groups in total. The summed E-state index contributed by atoms with van der Waals surface area (Å²) in [6.45, 7) is 11.9. The molecule has 3 fully saturated rings. The molecule has 0 aromatic heterocycles. The van der Waals surface area contributed by atoms with Crippen LogP contribution in [0.3, 0.4) is 0 Å². The second-order valence-corrected chi connectivity index (χ2v) is 19.9. The van der Waals surface area contributed by atoms with Gasteiger partial charge in [-0.2, -0.15) is 0 Å². The number of aliphatic hydroxyl groups is 3. The molecular formula is C54H85NO13. The van der Waals surface area contributed by atoms with E-state index in [9.17, 15) is 34.5 Å². The van der Waals surface area contributed by atoms with Gasteiger partial charge in [0.2, 0.25) is 5.79 Å². The number of hydrogen-bond acceptors (Lipinski definition) is 13. The fourth-order valence-corrected chi connectivity index (χ4v) is 10.3. The molecule has 384 valence electrons. The van der Waals surface area contributed by atoms with Crippen LogP contribution in [0.2, 0.25) is 0 Å². The highest BCUT2D eigenvalue weighted by molar-refractivity contribution is 6.39. The Hall–Kier alpha value is -3.34. The van der Waals surface area contributed by atoms with E-state index in [4.69, 9.17) is 36.6 Å². The summed E-state index contributed by atoms with van der Waals surface area (Å²) in [5.74, 6) is -10.1. The van der Waals surface area contributed by atoms with Crippen LogP contribution in [0.5, 0.6) is 0 Å². The quantitative estimate of drug-likeness (QED) is 0.120. The highest BCUT2D eigenvalue weighted by Crippen LogP contribution is 2.38. The number of esters is 1. The molecule has 1 aliphatic carbocycles. The molecule has 1 saturated carbocycles. The molecule has 0 radical (unpaired) electrons. The van der Waals surface area contributed by atoms with Crippen molar-refractivity contribution in [2.45, 2.75) is 180 Å². The first-order valence-corrected chi connectivity index (χ1v) is 24.7. The van der Waals surface area contributed by atoms with Crippen molar-refractivity contribution in [3.8, 4) is 0 Å². The number of rotatable bonds is 9. The lowest BCUT2D eigenvalue weighted by Gasteiger charge is -2.42. The number of ketones is 2. The summed E-state index contributed by atoms with van der Waals surface area (Å²) in [6.07, 6.45) is 7.96. The zero-order chi connectivity index (χ0) is 55.3. The second-order valence-electron chi connectivity index (χ2n) is 19.9. The van der Waals surface area contributed by atoms with Crippen molar-refractivity contribution in [1.82, 2.24) is 4.90 Å². The molecule has 2 saturated heterocycles. The van der Waals surface area contributed by atoms with Crippen LogP contribution in [-0.4, -0.2) is 139 Å². The first-order chi connectivity index (χ1) is 34.6. The minimum atomic E-state index is -2.89. The number of methoxy groups -OCH3 is 3. The van der Waals surface area contributed by atoms with Gasteiger partial charge in [-0.25, -0.2) is 4.79 Å². The topological polar surface area (TPSA) is 188 Å². The van der Waals surface area contributed by atoms with Crippen molar-refractivity contribution in [3.63, 3.8) is 0 Å². The van der Waals surface area contributed by atoms with E-state index in [0.29, 0.717) is 62.5 Å². The molecule has 0 unspecified atom stereocenters. The van der Waals surface area contributed by atoms with Crippen molar-refractivity contribution < 1.29 is 71.1 Å². The molecule has 3 aliphatic heterocycles. The summed E-state index contributed by atoms with van der Waals surface area (Å²) < 4.78 is 84.6. The van der Waals surface area contributed by atoms with Crippen LogP contribution in [0.4, 0.5) is 0 Å². The lowest BCUT2D eigenvalue weighted by molar-refractivity contribution is -0.265. The fraction of sp³-hybridized carbons (Fsp3) is 0.741. The number of hydrogen-bond donors (Lipinski definition) is 3. The third-order valence-corrected chi connectivity index (χ3v) is 14.7. The molecular weight excluding hydrogens is 871 g/mol. The number of allylic oxidation sites excluding steroid dienone is 6. The summed E-state index contributed by atoms with van der Waals surface area (Å²) in [5, 5.41) is 33.2. The SMILES string of the molecule is [2H]C([2H])([2H])O[C@H]1C[C@@H]2CC[C@@H](C)[C@@](O)(O2)C(=O)C(=O)N2CCCC[C@H]2C(=O)O[C@H]([C@H](C)C[C@@H]2CC[C@@H](OCCO)[C@H](OC)C2)CC(=O)[C@H](C([2H])([2H])[2H])/C=C(\C)[C@@H](O)[C@@H](OC)C(=C)[C@H](C)C[C@H](C)/C=C/C=CC=C1C. The maximum atomic E-state index is 14.6. The number of ether oxygens (including phenoxy) is 6. The molecule has 14 nitrogen and oxygen atoms in total. The van der Waals surface area contributed by atoms with Gasteiger partial charge < -0.3 is 48.6 Å². The molecule has 1 amide bonds. The fourth-order valence-electron chi connectivity index (χ4n) is 10.3. The van der Waals surface area contributed by atoms with Gasteiger partial charge in [0.1, 0.15) is 30.1 Å². The van der Waals surface area contributed by atoms with Crippen molar-refractivity contribution in [2.75, 3.05) is 41.0 Å². The second kappa shape index (κ2) is 27.3. The third kappa shape index (κ3) is 15.3. The van der Waals surface area contributed by atoms with Crippen molar-refractivity contribution in [1.29, 1.82) is 0 Å². The summed E-state index contributed by atoms with van der Waals surface area (Å²) in [4.78, 5) is 59.0. The molecule has 3 heterocycles. The minimum Gasteiger partial charge on any atom is -0.460 e. The van der Waals surface area contributed by atoms with Gasteiger partial charge in [0, 0.05) is 56.6 Å². The number of amides is 1. The van der Waals surface area contributed by atoms with E-state index in [1.807, 2.05) is 26.0 Å². The predicted octanol–water partition coefficient (Wildman–Crippen LogP) is 7.18. The Kier molecular flexibility index (Phi) is 19.4. The van der Waals surface area contributed by atoms with Gasteiger partial charge >= 0.3 is 5.97 Å². The van der Waals surface area contributed by atoms with Gasteiger partial charge in [0.05, 0.1) is 41.7 Å². The number of nitrogens with zero attached hydrogens (tertiary/aromatic N) is 1. The van der Waals surface area contributed by atoms with E-state index >= 15 is 0 Å². The Bertz CT molecular complexity index is 2020. The number of cyclic esters (lactones) is 1. The van der Waals surface area contributed by atoms with Gasteiger partial charge in [-0.05, 0) is 118 Å². The summed E-state index contributed by atoms with van der Waals surface area (Å²) >= 11 is 0. The highest BCUT2D eigenvalue weighted by atomic mass is 16.6. The van der Waals surface area contributed by atoms with E-state index in [0.717, 1.165) is 4.90 Å². The van der Waals surface area contributed by atoms with Crippen LogP contribution in [0.15, 0.2) is 59.8 Å². The molecule has 4 rings (SSSR count). The molecule has 14 heteroatoms. The number of aliphatic hydroxyl groups excluding tert-OH is 2. The van der Waals surface area contributed by atoms with Crippen LogP contribution in [0.25, 0.3) is 0 Å². The molecule has 4 aliphatic rings. The van der Waals surface area contributed by atoms with E-state index in [-0.39, 0.29) is 74.6 Å². The zero-order valence-corrected chi connectivity index (χ0v) is 41.7. The number of piperidine rings is 1. The average molecular weight is 962 g/mol. The molecule has 15 atom stereocenters. The van der Waals surface area contributed by atoms with E-state index in [1.54, 1.807) is 46.1 Å². The third-order valence-electron chi connectivity index (χ3n) is 14.7. The van der Waals surface area contributed by atoms with Crippen LogP contribution >= 0.6 is 0 Å². The van der Waals surface area contributed by atoms with Crippen LogP contribution in [-0.2, 0) is 47.6 Å². The molecule has 0 spiro atoms. The largest absolute Gasteiger partial charge is 0.460 e. The number of Topliss-reactive ketones (excluding diaryl/α,β-unsaturated/α-hetero) is 2. The molecule has 0 aromatic carbocycles. The van der Waals surface area contributed by atoms with E-state index < -0.39 is 104 Å². The molecule has 2 bridgehead atoms. The Morgan fingerprint density at radius 1 is 0.941 bits per heavy atom. The number of fused-ring (bicyclic) bond motifs is 3. The van der Waals surface area contributed by atoms with Gasteiger partial charge in [0.25, 0.3) is 11.7 Å². The first kappa shape index (κ1) is 48.3. The zero-order valence-electron chi connectivity index (χ0n) is 47.7. The van der Waals surface area contributed by atoms with Gasteiger partial charge in [-0.1, -0.05) is 77.6 Å². The van der Waals surface area contributed by atoms with Gasteiger partial charge in [-0.15, -0.1) is 0 Å². The molecule has 68 heavy (non-hydrogen) atoms. The lowest BCUT2D eigenvalue weighted by Crippen LogP contribution is -2.61. The van der Waals surface area contributed by atoms with Gasteiger partial charge in [0.15, 0.2) is 0 Å². The number of carbonyl (C=O) groups excluding carboxylic acids is 4. The lowest BCUT2D eigenvalue weighted by atomic mass is 9.78. The van der Waals surface area contributed by atoms with Crippen molar-refractivity contribution in [3.05, 3.63) is 59.8 Å². The minimum absolute atomic E-state index is 0.00280. The predicted molar refractivity (Wildman–Crippen MR) is 260 cm³/mol. The Balaban J connectivity index is 1.79. The summed E-state index contributed by atoms with van der Waals surface area (Å²) in [6, 6.07) is -1.32. The van der Waals surface area contributed by atoms with Crippen LogP contribution < -0.4 is 0 Å². The monoisotopic (exact) mass is 962 g/mol. The molecule has 0 aromatic rings. The maximum absolute atomic E-state index is 14.6. The van der Waals surface area contributed by atoms with Crippen molar-refractivity contribution >= 4 is 23.4 Å². The van der Waals surface area contributed by atoms with Crippen LogP contribution in [0, 0.1) is 35.5 Å². The Morgan fingerprint density at radius 2 is 1.71 bits per heavy atom. The smallest absolute Gasteiger partial charge is 0.329 e. The van der Waals surface area contributed by atoms with E-state index in [1.165, 1.54) is 20.1 Å². The Morgan fingerprint density at radius 3 is 2.40 bits per heavy atom. The first-order valence-electron chi connectivity index (χ1n) is 27.7. The normalized spacial score (nSPS) is 39.6. The standard InChI is InChI=1S/C54H85NO13/c1-33-17-13-12-14-18-34(2)46(63-9)31-42-22-20-39(7)54(62,68-42)51(59)52(60)55-24-16-15-19-43(55)53(61)67-47(37(5)29-41-21-23-45(66-26-25-56)48(30-41)64-10)32-44(57)36(4)28-38(6)49(58)50(65-11)40(8)35(3)27-33/h12-14,17-18,28,33,35-37,39,41-43,45-50,56,58,62H,8,15-16,19-27,29-32H2,1-7,9-11H3/b14-12?,17-13+,34-18?,38-28+/t33-,35-,36-,37-,39-,41+,42+,43+,45-,46+,47+,48-,49-,50+,54-/m1/s1/i4D3,9D3. The highest BCUT2D eigenvalue weighted by Gasteiger charge is 2.53. The average Bonchev–Trinajstić information content (AvgIpc) is 3.33. The van der Waals surface area contributed by atoms with E-state index in [2.05, 4.69) is 6.58 Å². The Labute approximate surface area is 415 Å². The summed E-state index contributed by atoms with van der Waals surface area (Å²) in [5.41, 5.74) is 1.24. The van der Waals surface area contributed by atoms with Gasteiger partial charge in [-0.3, -0.25) is 14.4 Å². The summed E-state index contributed by atoms with van der Waals surface area (Å²) in [7, 11) is 0.179. The van der Waals surface area contributed by atoms with Crippen molar-refractivity contribution in [2.24, 2.45) is 35.5 Å². The number of carbonyl (C=O) groups is 4. The van der Waals surface area contributed by atoms with Crippen LogP contribution in [0.1, 0.15) is 134 Å². The maximum Gasteiger partial charge on any atom is 0.329 e.